The van der Waals surface area contributed by atoms with Gasteiger partial charge in [-0.1, -0.05) is 31.2 Å². The second kappa shape index (κ2) is 10.7. The van der Waals surface area contributed by atoms with Crippen molar-refractivity contribution in [1.29, 1.82) is 0 Å². The van der Waals surface area contributed by atoms with Crippen LogP contribution >= 0.6 is 11.8 Å². The van der Waals surface area contributed by atoms with Crippen LogP contribution in [0.2, 0.25) is 0 Å². The molecule has 6 heteroatoms. The molecule has 0 aliphatic heterocycles. The second-order valence-corrected chi connectivity index (χ2v) is 7.33. The SMILES string of the molecule is CCSCc1ccc(C(=O)N(CC)CC(=O)NCc2ccc(F)cc2)cc1. The first-order valence-electron chi connectivity index (χ1n) is 9.00. The largest absolute Gasteiger partial charge is 0.350 e. The topological polar surface area (TPSA) is 49.4 Å². The van der Waals surface area contributed by atoms with E-state index in [-0.39, 0.29) is 24.2 Å². The molecule has 144 valence electrons. The van der Waals surface area contributed by atoms with Crippen LogP contribution in [0.15, 0.2) is 48.5 Å². The highest BCUT2D eigenvalue weighted by Crippen LogP contribution is 2.14. The fourth-order valence-corrected chi connectivity index (χ4v) is 3.14. The highest BCUT2D eigenvalue weighted by Gasteiger charge is 2.17. The average Bonchev–Trinajstić information content (AvgIpc) is 2.70. The van der Waals surface area contributed by atoms with Crippen molar-refractivity contribution in [1.82, 2.24) is 10.2 Å². The lowest BCUT2D eigenvalue weighted by Crippen LogP contribution is -2.40. The quantitative estimate of drug-likeness (QED) is 0.710. The van der Waals surface area contributed by atoms with Gasteiger partial charge in [0.25, 0.3) is 5.91 Å². The lowest BCUT2D eigenvalue weighted by atomic mass is 10.1. The number of carbonyl (C=O) groups is 2. The van der Waals surface area contributed by atoms with Crippen LogP contribution in [-0.4, -0.2) is 35.6 Å². The Morgan fingerprint density at radius 1 is 1.00 bits per heavy atom. The summed E-state index contributed by atoms with van der Waals surface area (Å²) in [6.07, 6.45) is 0. The molecular weight excluding hydrogens is 363 g/mol. The maximum Gasteiger partial charge on any atom is 0.254 e. The molecule has 0 radical (unpaired) electrons. The number of carbonyl (C=O) groups excluding carboxylic acids is 2. The number of benzene rings is 2. The van der Waals surface area contributed by atoms with Crippen LogP contribution in [0.25, 0.3) is 0 Å². The summed E-state index contributed by atoms with van der Waals surface area (Å²) < 4.78 is 12.9. The van der Waals surface area contributed by atoms with Gasteiger partial charge in [-0.3, -0.25) is 9.59 Å². The normalized spacial score (nSPS) is 10.5. The number of nitrogens with one attached hydrogen (secondary N) is 1. The van der Waals surface area contributed by atoms with Crippen molar-refractivity contribution in [2.45, 2.75) is 26.1 Å². The zero-order chi connectivity index (χ0) is 19.6. The minimum atomic E-state index is -0.313. The Kier molecular flexibility index (Phi) is 8.33. The molecule has 27 heavy (non-hydrogen) atoms. The lowest BCUT2D eigenvalue weighted by Gasteiger charge is -2.20. The first-order valence-corrected chi connectivity index (χ1v) is 10.2. The van der Waals surface area contributed by atoms with Gasteiger partial charge in [0.2, 0.25) is 5.91 Å². The molecule has 0 bridgehead atoms. The number of amides is 2. The Labute approximate surface area is 164 Å². The van der Waals surface area contributed by atoms with E-state index < -0.39 is 0 Å². The Morgan fingerprint density at radius 3 is 2.22 bits per heavy atom. The minimum Gasteiger partial charge on any atom is -0.350 e. The summed E-state index contributed by atoms with van der Waals surface area (Å²) in [7, 11) is 0. The fourth-order valence-electron chi connectivity index (χ4n) is 2.51. The maximum absolute atomic E-state index is 12.9. The third-order valence-corrected chi connectivity index (χ3v) is 5.03. The molecule has 0 saturated heterocycles. The number of halogens is 1. The zero-order valence-electron chi connectivity index (χ0n) is 15.7. The zero-order valence-corrected chi connectivity index (χ0v) is 16.5. The summed E-state index contributed by atoms with van der Waals surface area (Å²) >= 11 is 1.83. The summed E-state index contributed by atoms with van der Waals surface area (Å²) in [5, 5.41) is 2.76. The molecule has 0 saturated carbocycles. The summed E-state index contributed by atoms with van der Waals surface area (Å²) in [6, 6.07) is 13.5. The van der Waals surface area contributed by atoms with Gasteiger partial charge in [-0.2, -0.15) is 11.8 Å². The predicted octanol–water partition coefficient (Wildman–Crippen LogP) is 3.86. The van der Waals surface area contributed by atoms with Crippen LogP contribution < -0.4 is 5.32 Å². The van der Waals surface area contributed by atoms with Crippen LogP contribution in [0, 0.1) is 5.82 Å². The van der Waals surface area contributed by atoms with Crippen molar-refractivity contribution in [3.05, 3.63) is 71.0 Å². The molecular formula is C21H25FN2O2S. The van der Waals surface area contributed by atoms with Crippen molar-refractivity contribution in [3.8, 4) is 0 Å². The van der Waals surface area contributed by atoms with Crippen molar-refractivity contribution in [2.75, 3.05) is 18.8 Å². The summed E-state index contributed by atoms with van der Waals surface area (Å²) in [5.41, 5.74) is 2.56. The molecule has 0 aliphatic rings. The Hall–Kier alpha value is -2.34. The number of likely N-dealkylation sites (N-methyl/N-ethyl adjacent to an activating group) is 1. The van der Waals surface area contributed by atoms with E-state index in [1.165, 1.54) is 22.6 Å². The van der Waals surface area contributed by atoms with E-state index >= 15 is 0 Å². The molecule has 0 heterocycles. The summed E-state index contributed by atoms with van der Waals surface area (Å²) in [6.45, 7) is 4.69. The van der Waals surface area contributed by atoms with E-state index in [0.717, 1.165) is 17.1 Å². The van der Waals surface area contributed by atoms with Gasteiger partial charge in [0.15, 0.2) is 0 Å². The Bertz CT molecular complexity index is 748. The minimum absolute atomic E-state index is 0.00995. The van der Waals surface area contributed by atoms with Gasteiger partial charge in [-0.15, -0.1) is 0 Å². The van der Waals surface area contributed by atoms with E-state index in [2.05, 4.69) is 12.2 Å². The van der Waals surface area contributed by atoms with Crippen LogP contribution in [0.4, 0.5) is 4.39 Å². The summed E-state index contributed by atoms with van der Waals surface area (Å²) in [5.74, 6) is 1.26. The van der Waals surface area contributed by atoms with E-state index in [1.54, 1.807) is 12.1 Å². The Balaban J connectivity index is 1.89. The first-order chi connectivity index (χ1) is 13.0. The average molecular weight is 389 g/mol. The second-order valence-electron chi connectivity index (χ2n) is 6.06. The lowest BCUT2D eigenvalue weighted by molar-refractivity contribution is -0.121. The molecule has 1 N–H and O–H groups in total. The van der Waals surface area contributed by atoms with Gasteiger partial charge in [0.05, 0.1) is 6.54 Å². The van der Waals surface area contributed by atoms with E-state index in [9.17, 15) is 14.0 Å². The smallest absolute Gasteiger partial charge is 0.254 e. The third kappa shape index (κ3) is 6.71. The van der Waals surface area contributed by atoms with E-state index in [4.69, 9.17) is 0 Å². The van der Waals surface area contributed by atoms with Crippen LogP contribution in [-0.2, 0) is 17.1 Å². The first kappa shape index (κ1) is 21.0. The van der Waals surface area contributed by atoms with E-state index in [0.29, 0.717) is 18.7 Å². The highest BCUT2D eigenvalue weighted by molar-refractivity contribution is 7.98. The maximum atomic E-state index is 12.9. The number of hydrogen-bond acceptors (Lipinski definition) is 3. The molecule has 2 aromatic carbocycles. The molecule has 0 unspecified atom stereocenters. The molecule has 2 rings (SSSR count). The van der Waals surface area contributed by atoms with Gasteiger partial charge in [-0.25, -0.2) is 4.39 Å². The summed E-state index contributed by atoms with van der Waals surface area (Å²) in [4.78, 5) is 26.3. The number of hydrogen-bond donors (Lipinski definition) is 1. The Morgan fingerprint density at radius 2 is 1.63 bits per heavy atom. The molecule has 2 aromatic rings. The molecule has 4 nitrogen and oxygen atoms in total. The fraction of sp³-hybridized carbons (Fsp3) is 0.333. The predicted molar refractivity (Wildman–Crippen MR) is 108 cm³/mol. The molecule has 0 atom stereocenters. The molecule has 2 amide bonds. The number of nitrogens with zero attached hydrogens (tertiary/aromatic N) is 1. The monoisotopic (exact) mass is 388 g/mol. The van der Waals surface area contributed by atoms with Crippen LogP contribution in [0.3, 0.4) is 0 Å². The van der Waals surface area contributed by atoms with Crippen molar-refractivity contribution >= 4 is 23.6 Å². The number of thioether (sulfide) groups is 1. The van der Waals surface area contributed by atoms with Crippen LogP contribution in [0.5, 0.6) is 0 Å². The highest BCUT2D eigenvalue weighted by atomic mass is 32.2. The van der Waals surface area contributed by atoms with Crippen LogP contribution in [0.1, 0.15) is 35.3 Å². The van der Waals surface area contributed by atoms with Crippen molar-refractivity contribution < 1.29 is 14.0 Å². The van der Waals surface area contributed by atoms with Gasteiger partial charge < -0.3 is 10.2 Å². The van der Waals surface area contributed by atoms with Gasteiger partial charge >= 0.3 is 0 Å². The standard InChI is InChI=1S/C21H25FN2O2S/c1-3-24(14-20(25)23-13-16-7-11-19(22)12-8-16)21(26)18-9-5-17(6-10-18)15-27-4-2/h5-12H,3-4,13-15H2,1-2H3,(H,23,25). The molecule has 0 aliphatic carbocycles. The van der Waals surface area contributed by atoms with Crippen molar-refractivity contribution in [2.24, 2.45) is 0 Å². The number of rotatable bonds is 9. The molecule has 0 spiro atoms. The van der Waals surface area contributed by atoms with Gasteiger partial charge in [0.1, 0.15) is 5.82 Å². The van der Waals surface area contributed by atoms with Gasteiger partial charge in [0, 0.05) is 24.4 Å². The molecule has 0 aromatic heterocycles. The van der Waals surface area contributed by atoms with E-state index in [1.807, 2.05) is 43.0 Å². The van der Waals surface area contributed by atoms with Crippen molar-refractivity contribution in [3.63, 3.8) is 0 Å². The van der Waals surface area contributed by atoms with Gasteiger partial charge in [-0.05, 0) is 48.1 Å². The molecule has 0 fully saturated rings. The third-order valence-electron chi connectivity index (χ3n) is 4.08.